The quantitative estimate of drug-likeness (QED) is 0.784. The number of fused-ring (bicyclic) bond motifs is 1. The van der Waals surface area contributed by atoms with Gasteiger partial charge in [-0.1, -0.05) is 12.1 Å². The molecular formula is C18H17N3O3. The highest BCUT2D eigenvalue weighted by Gasteiger charge is 2.24. The number of hydrogen-bond acceptors (Lipinski definition) is 5. The van der Waals surface area contributed by atoms with E-state index >= 15 is 0 Å². The van der Waals surface area contributed by atoms with Crippen molar-refractivity contribution in [1.82, 2.24) is 9.88 Å². The molecule has 0 atom stereocenters. The maximum atomic E-state index is 12.3. The predicted octanol–water partition coefficient (Wildman–Crippen LogP) is 2.50. The number of amides is 1. The molecule has 4 rings (SSSR count). The van der Waals surface area contributed by atoms with Crippen LogP contribution >= 0.6 is 0 Å². The van der Waals surface area contributed by atoms with Crippen LogP contribution < -0.4 is 4.90 Å². The number of aromatic nitrogens is 1. The minimum atomic E-state index is -0.0798. The van der Waals surface area contributed by atoms with Gasteiger partial charge in [0.1, 0.15) is 17.1 Å². The fourth-order valence-electron chi connectivity index (χ4n) is 2.99. The van der Waals surface area contributed by atoms with Crippen molar-refractivity contribution in [2.75, 3.05) is 31.1 Å². The fourth-order valence-corrected chi connectivity index (χ4v) is 2.99. The number of hydrogen-bond donors (Lipinski definition) is 1. The molecule has 6 heteroatoms. The molecule has 1 N–H and O–H groups in total. The normalized spacial score (nSPS) is 15.0. The Morgan fingerprint density at radius 1 is 1.04 bits per heavy atom. The lowest BCUT2D eigenvalue weighted by atomic mass is 10.2. The Morgan fingerprint density at radius 3 is 2.62 bits per heavy atom. The number of carbonyl (C=O) groups is 1. The Labute approximate surface area is 138 Å². The Kier molecular flexibility index (Phi) is 3.57. The molecule has 2 aromatic heterocycles. The van der Waals surface area contributed by atoms with Crippen molar-refractivity contribution in [3.05, 3.63) is 54.5 Å². The summed E-state index contributed by atoms with van der Waals surface area (Å²) in [6.07, 6.45) is 1.51. The van der Waals surface area contributed by atoms with Gasteiger partial charge in [0.05, 0.1) is 6.26 Å². The lowest BCUT2D eigenvalue weighted by Crippen LogP contribution is -2.49. The second-order valence-corrected chi connectivity index (χ2v) is 5.77. The number of nitrogens with zero attached hydrogens (tertiary/aromatic N) is 3. The van der Waals surface area contributed by atoms with E-state index < -0.39 is 0 Å². The summed E-state index contributed by atoms with van der Waals surface area (Å²) in [6.45, 7) is 2.61. The maximum Gasteiger partial charge on any atom is 0.289 e. The van der Waals surface area contributed by atoms with Gasteiger partial charge in [0.25, 0.3) is 5.91 Å². The molecule has 3 heterocycles. The average molecular weight is 323 g/mol. The van der Waals surface area contributed by atoms with Gasteiger partial charge in [0.15, 0.2) is 5.76 Å². The molecular weight excluding hydrogens is 306 g/mol. The first-order valence-corrected chi connectivity index (χ1v) is 7.89. The molecule has 0 aliphatic carbocycles. The number of phenolic OH excluding ortho intramolecular Hbond substituents is 1. The highest BCUT2D eigenvalue weighted by atomic mass is 16.3. The summed E-state index contributed by atoms with van der Waals surface area (Å²) in [5.74, 6) is 1.29. The van der Waals surface area contributed by atoms with E-state index in [0.717, 1.165) is 11.2 Å². The maximum absolute atomic E-state index is 12.3. The van der Waals surface area contributed by atoms with Crippen molar-refractivity contribution < 1.29 is 14.3 Å². The van der Waals surface area contributed by atoms with E-state index in [2.05, 4.69) is 9.88 Å². The van der Waals surface area contributed by atoms with Gasteiger partial charge in [-0.3, -0.25) is 4.79 Å². The highest BCUT2D eigenvalue weighted by Crippen LogP contribution is 2.25. The third kappa shape index (κ3) is 2.56. The summed E-state index contributed by atoms with van der Waals surface area (Å²) in [5, 5.41) is 10.9. The number of carbonyl (C=O) groups excluding carboxylic acids is 1. The van der Waals surface area contributed by atoms with Crippen LogP contribution in [0.1, 0.15) is 10.6 Å². The number of para-hydroxylation sites is 1. The molecule has 1 aliphatic heterocycles. The molecule has 1 aromatic carbocycles. The lowest BCUT2D eigenvalue weighted by Gasteiger charge is -2.35. The summed E-state index contributed by atoms with van der Waals surface area (Å²) in [6, 6.07) is 12.7. The average Bonchev–Trinajstić information content (AvgIpc) is 3.16. The van der Waals surface area contributed by atoms with Gasteiger partial charge in [0, 0.05) is 31.6 Å². The Morgan fingerprint density at radius 2 is 1.88 bits per heavy atom. The second-order valence-electron chi connectivity index (χ2n) is 5.77. The third-order valence-corrected chi connectivity index (χ3v) is 4.31. The first kappa shape index (κ1) is 14.6. The smallest absolute Gasteiger partial charge is 0.289 e. The van der Waals surface area contributed by atoms with Crippen LogP contribution in [0.2, 0.25) is 0 Å². The van der Waals surface area contributed by atoms with E-state index in [1.165, 1.54) is 6.26 Å². The van der Waals surface area contributed by atoms with Crippen molar-refractivity contribution in [2.24, 2.45) is 0 Å². The van der Waals surface area contributed by atoms with Gasteiger partial charge in [0.2, 0.25) is 0 Å². The van der Waals surface area contributed by atoms with E-state index in [4.69, 9.17) is 4.42 Å². The van der Waals surface area contributed by atoms with Gasteiger partial charge in [-0.25, -0.2) is 4.98 Å². The first-order chi connectivity index (χ1) is 11.7. The third-order valence-electron chi connectivity index (χ3n) is 4.31. The van der Waals surface area contributed by atoms with E-state index in [9.17, 15) is 9.90 Å². The Bertz CT molecular complexity index is 868. The minimum Gasteiger partial charge on any atom is -0.506 e. The van der Waals surface area contributed by atoms with Crippen LogP contribution in [-0.4, -0.2) is 47.1 Å². The summed E-state index contributed by atoms with van der Waals surface area (Å²) in [5.41, 5.74) is 0.601. The molecule has 122 valence electrons. The number of furan rings is 1. The number of piperazine rings is 1. The van der Waals surface area contributed by atoms with Crippen LogP contribution in [0.3, 0.4) is 0 Å². The van der Waals surface area contributed by atoms with Crippen LogP contribution in [0.5, 0.6) is 5.75 Å². The number of anilines is 1. The molecule has 0 saturated carbocycles. The molecule has 0 radical (unpaired) electrons. The van der Waals surface area contributed by atoms with Crippen molar-refractivity contribution >= 4 is 22.6 Å². The predicted molar refractivity (Wildman–Crippen MR) is 90.2 cm³/mol. The Balaban J connectivity index is 1.50. The summed E-state index contributed by atoms with van der Waals surface area (Å²) >= 11 is 0. The highest BCUT2D eigenvalue weighted by molar-refractivity contribution is 5.91. The molecule has 1 saturated heterocycles. The van der Waals surface area contributed by atoms with E-state index in [-0.39, 0.29) is 11.7 Å². The van der Waals surface area contributed by atoms with Crippen LogP contribution in [0.25, 0.3) is 10.9 Å². The summed E-state index contributed by atoms with van der Waals surface area (Å²) in [4.78, 5) is 20.8. The fraction of sp³-hybridized carbons (Fsp3) is 0.222. The van der Waals surface area contributed by atoms with Crippen molar-refractivity contribution in [3.8, 4) is 5.75 Å². The van der Waals surface area contributed by atoms with Crippen LogP contribution in [0.15, 0.2) is 53.1 Å². The molecule has 24 heavy (non-hydrogen) atoms. The molecule has 0 unspecified atom stereocenters. The van der Waals surface area contributed by atoms with Crippen LogP contribution in [0.4, 0.5) is 5.82 Å². The molecule has 1 fully saturated rings. The van der Waals surface area contributed by atoms with Gasteiger partial charge in [-0.15, -0.1) is 0 Å². The van der Waals surface area contributed by atoms with Crippen molar-refractivity contribution in [2.45, 2.75) is 0 Å². The molecule has 1 aliphatic rings. The molecule has 6 nitrogen and oxygen atoms in total. The van der Waals surface area contributed by atoms with Crippen molar-refractivity contribution in [1.29, 1.82) is 0 Å². The van der Waals surface area contributed by atoms with Gasteiger partial charge in [-0.2, -0.15) is 0 Å². The summed E-state index contributed by atoms with van der Waals surface area (Å²) < 4.78 is 5.18. The Hall–Kier alpha value is -3.02. The lowest BCUT2D eigenvalue weighted by molar-refractivity contribution is 0.0714. The standard InChI is InChI=1S/C18H17N3O3/c22-14-4-1-3-13-6-7-16(19-17(13)14)20-8-10-21(11-9-20)18(23)15-5-2-12-24-15/h1-7,12,22H,8-11H2. The SMILES string of the molecule is O=C(c1ccco1)N1CCN(c2ccc3cccc(O)c3n2)CC1. The second kappa shape index (κ2) is 5.88. The minimum absolute atomic E-state index is 0.0798. The number of rotatable bonds is 2. The van der Waals surface area contributed by atoms with Gasteiger partial charge < -0.3 is 19.3 Å². The molecule has 0 spiro atoms. The van der Waals surface area contributed by atoms with Crippen molar-refractivity contribution in [3.63, 3.8) is 0 Å². The number of pyridine rings is 1. The first-order valence-electron chi connectivity index (χ1n) is 7.89. The monoisotopic (exact) mass is 323 g/mol. The van der Waals surface area contributed by atoms with E-state index in [0.29, 0.717) is 37.5 Å². The molecule has 0 bridgehead atoms. The van der Waals surface area contributed by atoms with Crippen LogP contribution in [-0.2, 0) is 0 Å². The molecule has 1 amide bonds. The van der Waals surface area contributed by atoms with E-state index in [1.54, 1.807) is 29.2 Å². The number of phenols is 1. The zero-order valence-electron chi connectivity index (χ0n) is 13.1. The topological polar surface area (TPSA) is 69.8 Å². The number of aromatic hydroxyl groups is 1. The summed E-state index contributed by atoms with van der Waals surface area (Å²) in [7, 11) is 0. The zero-order chi connectivity index (χ0) is 16.5. The van der Waals surface area contributed by atoms with Gasteiger partial charge >= 0.3 is 0 Å². The van der Waals surface area contributed by atoms with Gasteiger partial charge in [-0.05, 0) is 30.3 Å². The number of benzene rings is 1. The van der Waals surface area contributed by atoms with E-state index in [1.807, 2.05) is 18.2 Å². The zero-order valence-corrected chi connectivity index (χ0v) is 13.1. The molecule has 3 aromatic rings. The largest absolute Gasteiger partial charge is 0.506 e. The van der Waals surface area contributed by atoms with Crippen LogP contribution in [0, 0.1) is 0 Å².